The van der Waals surface area contributed by atoms with Gasteiger partial charge in [0.2, 0.25) is 0 Å². The van der Waals surface area contributed by atoms with Gasteiger partial charge in [-0.3, -0.25) is 4.99 Å². The number of nitrogens with zero attached hydrogens (tertiary/aromatic N) is 1. The molecule has 102 valence electrons. The molecule has 2 unspecified atom stereocenters. The zero-order chi connectivity index (χ0) is 14.2. The minimum atomic E-state index is -4.79. The molecule has 1 aliphatic rings. The molecule has 0 aliphatic carbocycles. The maximum Gasteiger partial charge on any atom is 0.419 e. The van der Waals surface area contributed by atoms with Gasteiger partial charge < -0.3 is 0 Å². The first-order valence-electron chi connectivity index (χ1n) is 5.56. The molecule has 0 N–H and O–H groups in total. The lowest BCUT2D eigenvalue weighted by atomic mass is 10.00. The molecule has 2 atom stereocenters. The van der Waals surface area contributed by atoms with Crippen molar-refractivity contribution in [3.05, 3.63) is 41.2 Å². The fourth-order valence-electron chi connectivity index (χ4n) is 1.70. The molecule has 0 radical (unpaired) electrons. The minimum Gasteiger partial charge on any atom is -0.260 e. The van der Waals surface area contributed by atoms with Crippen molar-refractivity contribution in [2.24, 2.45) is 10.9 Å². The molecule has 6 heteroatoms. The Labute approximate surface area is 106 Å². The Morgan fingerprint density at radius 2 is 1.89 bits per heavy atom. The lowest BCUT2D eigenvalue weighted by Gasteiger charge is -2.16. The van der Waals surface area contributed by atoms with Gasteiger partial charge in [-0.25, -0.2) is 8.78 Å². The van der Waals surface area contributed by atoms with E-state index >= 15 is 0 Å². The summed E-state index contributed by atoms with van der Waals surface area (Å²) < 4.78 is 64.3. The van der Waals surface area contributed by atoms with Crippen LogP contribution in [0.1, 0.15) is 18.1 Å². The van der Waals surface area contributed by atoms with Crippen LogP contribution in [0, 0.1) is 11.7 Å². The molecule has 0 saturated heterocycles. The summed E-state index contributed by atoms with van der Waals surface area (Å²) in [5.41, 5.74) is -1.26. The number of alkyl halides is 4. The van der Waals surface area contributed by atoms with E-state index in [1.165, 1.54) is 6.21 Å². The number of hydrogen-bond donors (Lipinski definition) is 0. The van der Waals surface area contributed by atoms with Crippen LogP contribution in [-0.2, 0) is 6.18 Å². The number of hydrogen-bond acceptors (Lipinski definition) is 1. The van der Waals surface area contributed by atoms with Gasteiger partial charge in [-0.05, 0) is 24.3 Å². The molecule has 0 amide bonds. The van der Waals surface area contributed by atoms with Gasteiger partial charge >= 0.3 is 6.18 Å². The van der Waals surface area contributed by atoms with E-state index in [0.717, 1.165) is 12.1 Å². The summed E-state index contributed by atoms with van der Waals surface area (Å²) in [4.78, 5) is 3.89. The Bertz CT molecular complexity index is 544. The highest BCUT2D eigenvalue weighted by Crippen LogP contribution is 2.34. The number of benzene rings is 1. The average Bonchev–Trinajstić information content (AvgIpc) is 2.32. The van der Waals surface area contributed by atoms with E-state index < -0.39 is 29.6 Å². The second-order valence-electron chi connectivity index (χ2n) is 4.33. The maximum absolute atomic E-state index is 13.5. The van der Waals surface area contributed by atoms with Crippen LogP contribution >= 0.6 is 0 Å². The molecular weight excluding hydrogens is 265 g/mol. The van der Waals surface area contributed by atoms with Gasteiger partial charge in [0, 0.05) is 17.7 Å². The molecule has 0 aromatic heterocycles. The Balaban J connectivity index is 2.43. The van der Waals surface area contributed by atoms with Crippen LogP contribution in [0.2, 0.25) is 0 Å². The fraction of sp³-hybridized carbons (Fsp3) is 0.308. The van der Waals surface area contributed by atoms with Gasteiger partial charge in [-0.2, -0.15) is 13.2 Å². The van der Waals surface area contributed by atoms with Crippen LogP contribution in [0.5, 0.6) is 0 Å². The van der Waals surface area contributed by atoms with Gasteiger partial charge in [-0.1, -0.05) is 6.92 Å². The summed E-state index contributed by atoms with van der Waals surface area (Å²) >= 11 is 0. The van der Waals surface area contributed by atoms with E-state index in [2.05, 4.69) is 4.99 Å². The Kier molecular flexibility index (Phi) is 3.43. The van der Waals surface area contributed by atoms with Crippen molar-refractivity contribution in [3.63, 3.8) is 0 Å². The Morgan fingerprint density at radius 3 is 2.47 bits per heavy atom. The predicted molar refractivity (Wildman–Crippen MR) is 61.9 cm³/mol. The van der Waals surface area contributed by atoms with Gasteiger partial charge in [0.1, 0.15) is 12.0 Å². The van der Waals surface area contributed by atoms with Crippen molar-refractivity contribution in [1.29, 1.82) is 0 Å². The number of halogens is 5. The lowest BCUT2D eigenvalue weighted by Crippen LogP contribution is -2.15. The molecule has 1 aromatic carbocycles. The topological polar surface area (TPSA) is 12.4 Å². The third-order valence-corrected chi connectivity index (χ3v) is 2.84. The molecule has 2 rings (SSSR count). The molecule has 1 nitrogen and oxygen atoms in total. The molecule has 0 saturated carbocycles. The summed E-state index contributed by atoms with van der Waals surface area (Å²) in [6, 6.07) is 2.50. The zero-order valence-corrected chi connectivity index (χ0v) is 9.88. The number of rotatable bonds is 1. The molecule has 1 aromatic rings. The highest BCUT2D eigenvalue weighted by molar-refractivity contribution is 5.78. The van der Waals surface area contributed by atoms with E-state index in [-0.39, 0.29) is 11.3 Å². The quantitative estimate of drug-likeness (QED) is 0.680. The monoisotopic (exact) mass is 275 g/mol. The van der Waals surface area contributed by atoms with Gasteiger partial charge in [-0.15, -0.1) is 0 Å². The maximum atomic E-state index is 13.5. The average molecular weight is 275 g/mol. The van der Waals surface area contributed by atoms with Crippen LogP contribution in [-0.4, -0.2) is 12.4 Å². The first-order chi connectivity index (χ1) is 8.79. The summed E-state index contributed by atoms with van der Waals surface area (Å²) in [7, 11) is 0. The van der Waals surface area contributed by atoms with Crippen LogP contribution in [0.15, 0.2) is 29.3 Å². The fourth-order valence-corrected chi connectivity index (χ4v) is 1.70. The highest BCUT2D eigenvalue weighted by atomic mass is 19.4. The van der Waals surface area contributed by atoms with Crippen LogP contribution in [0.3, 0.4) is 0 Å². The third-order valence-electron chi connectivity index (χ3n) is 2.84. The molecule has 1 aliphatic heterocycles. The first kappa shape index (κ1) is 13.7. The summed E-state index contributed by atoms with van der Waals surface area (Å²) in [5, 5.41) is 0. The van der Waals surface area contributed by atoms with Crippen molar-refractivity contribution in [3.8, 4) is 0 Å². The van der Waals surface area contributed by atoms with Crippen molar-refractivity contribution in [1.82, 2.24) is 0 Å². The van der Waals surface area contributed by atoms with Crippen LogP contribution in [0.4, 0.5) is 22.0 Å². The highest BCUT2D eigenvalue weighted by Gasteiger charge is 2.34. The summed E-state index contributed by atoms with van der Waals surface area (Å²) in [5.74, 6) is -1.78. The van der Waals surface area contributed by atoms with E-state index in [9.17, 15) is 22.0 Å². The van der Waals surface area contributed by atoms with Crippen LogP contribution < -0.4 is 0 Å². The molecule has 0 bridgehead atoms. The van der Waals surface area contributed by atoms with Gasteiger partial charge in [0.05, 0.1) is 11.3 Å². The normalized spacial score (nSPS) is 23.4. The number of aliphatic imine (C=N–C) groups is 1. The van der Waals surface area contributed by atoms with E-state index in [1.807, 2.05) is 0 Å². The zero-order valence-electron chi connectivity index (χ0n) is 9.88. The second kappa shape index (κ2) is 4.75. The van der Waals surface area contributed by atoms with Crippen molar-refractivity contribution >= 4 is 11.9 Å². The summed E-state index contributed by atoms with van der Waals surface area (Å²) in [6.07, 6.45) is -3.64. The van der Waals surface area contributed by atoms with Crippen molar-refractivity contribution < 1.29 is 22.0 Å². The molecule has 19 heavy (non-hydrogen) atoms. The lowest BCUT2D eigenvalue weighted by molar-refractivity contribution is -0.140. The largest absolute Gasteiger partial charge is 0.419 e. The third kappa shape index (κ3) is 2.83. The van der Waals surface area contributed by atoms with E-state index in [1.54, 1.807) is 6.92 Å². The van der Waals surface area contributed by atoms with Crippen molar-refractivity contribution in [2.45, 2.75) is 19.3 Å². The first-order valence-corrected chi connectivity index (χ1v) is 5.56. The molecule has 0 spiro atoms. The Morgan fingerprint density at radius 1 is 1.21 bits per heavy atom. The van der Waals surface area contributed by atoms with Crippen LogP contribution in [0.25, 0.3) is 5.70 Å². The van der Waals surface area contributed by atoms with Crippen molar-refractivity contribution in [2.75, 3.05) is 0 Å². The SMILES string of the molecule is CC1C=NC(c2ccc(F)c(C(F)(F)F)c2)=CC1F. The minimum absolute atomic E-state index is 0.0412. The van der Waals surface area contributed by atoms with Gasteiger partial charge in [0.15, 0.2) is 0 Å². The molecule has 1 heterocycles. The predicted octanol–water partition coefficient (Wildman–Crippen LogP) is 4.24. The van der Waals surface area contributed by atoms with Gasteiger partial charge in [0.25, 0.3) is 0 Å². The second-order valence-corrected chi connectivity index (χ2v) is 4.33. The standard InChI is InChI=1S/C13H10F5N/c1-7-6-19-12(5-11(7)15)8-2-3-10(14)9(4-8)13(16,17)18/h2-7,11H,1H3. The number of allylic oxidation sites excluding steroid dienone is 1. The smallest absolute Gasteiger partial charge is 0.260 e. The van der Waals surface area contributed by atoms with E-state index in [0.29, 0.717) is 12.1 Å². The molecule has 0 fully saturated rings. The summed E-state index contributed by atoms with van der Waals surface area (Å²) in [6.45, 7) is 1.60. The Hall–Kier alpha value is -1.72. The molecular formula is C13H10F5N. The van der Waals surface area contributed by atoms with E-state index in [4.69, 9.17) is 0 Å².